The number of hydrogen-bond donors (Lipinski definition) is 1. The second-order valence-corrected chi connectivity index (χ2v) is 15.4. The number of nitrogens with zero attached hydrogens (tertiary/aromatic N) is 2. The highest BCUT2D eigenvalue weighted by Crippen LogP contribution is 2.28. The molecule has 174 valence electrons. The zero-order valence-corrected chi connectivity index (χ0v) is 21.3. The molecule has 4 nitrogen and oxygen atoms in total. The Morgan fingerprint density at radius 1 is 0.971 bits per heavy atom. The molecule has 0 radical (unpaired) electrons. The normalized spacial score (nSPS) is 12.0. The Hall–Kier alpha value is -3.41. The molecule has 0 bridgehead atoms. The van der Waals surface area contributed by atoms with Crippen molar-refractivity contribution in [2.45, 2.75) is 32.4 Å². The summed E-state index contributed by atoms with van der Waals surface area (Å²) in [4.78, 5) is 0. The van der Waals surface area contributed by atoms with Crippen molar-refractivity contribution >= 4 is 42.4 Å². The van der Waals surface area contributed by atoms with Crippen molar-refractivity contribution in [1.29, 1.82) is 0 Å². The van der Waals surface area contributed by atoms with Gasteiger partial charge in [-0.3, -0.25) is 0 Å². The number of fused-ring (bicyclic) bond motifs is 1. The van der Waals surface area contributed by atoms with Crippen LogP contribution in [0.25, 0.3) is 28.6 Å². The molecule has 4 rings (SSSR count). The number of nitrogens with two attached hydrogens (primary N) is 1. The van der Waals surface area contributed by atoms with Gasteiger partial charge in [-0.1, -0.05) is 80.8 Å². The molecule has 0 saturated heterocycles. The molecule has 0 unspecified atom stereocenters. The van der Waals surface area contributed by atoms with Crippen molar-refractivity contribution in [2.24, 2.45) is 0 Å². The zero-order chi connectivity index (χ0) is 24.1. The second kappa shape index (κ2) is 10.2. The Labute approximate surface area is 203 Å². The van der Waals surface area contributed by atoms with Gasteiger partial charge in [0.2, 0.25) is 0 Å². The summed E-state index contributed by atoms with van der Waals surface area (Å²) in [6.07, 6.45) is 4.17. The smallest absolute Gasteiger partial charge is 0.140 e. The van der Waals surface area contributed by atoms with Crippen LogP contribution < -0.4 is 5.73 Å². The number of anilines is 1. The lowest BCUT2D eigenvalue weighted by molar-refractivity contribution is 0.0816. The van der Waals surface area contributed by atoms with Crippen LogP contribution in [0, 0.1) is 0 Å². The molecule has 0 aliphatic carbocycles. The number of rotatable bonds is 9. The largest absolute Gasteiger partial charge is 0.399 e. The van der Waals surface area contributed by atoms with Gasteiger partial charge in [0.25, 0.3) is 0 Å². The van der Waals surface area contributed by atoms with Crippen molar-refractivity contribution in [3.05, 3.63) is 102 Å². The van der Waals surface area contributed by atoms with E-state index in [0.717, 1.165) is 57.2 Å². The quantitative estimate of drug-likeness (QED) is 0.161. The molecule has 34 heavy (non-hydrogen) atoms. The molecule has 3 aromatic carbocycles. The van der Waals surface area contributed by atoms with Gasteiger partial charge in [-0.15, -0.1) is 0 Å². The predicted octanol–water partition coefficient (Wildman–Crippen LogP) is 7.16. The summed E-state index contributed by atoms with van der Waals surface area (Å²) in [5, 5.41) is 5.98. The number of aromatic nitrogens is 2. The van der Waals surface area contributed by atoms with Gasteiger partial charge in [0.15, 0.2) is 0 Å². The first-order valence-electron chi connectivity index (χ1n) is 11.7. The van der Waals surface area contributed by atoms with Gasteiger partial charge >= 0.3 is 0 Å². The van der Waals surface area contributed by atoms with E-state index in [9.17, 15) is 0 Å². The fourth-order valence-electron chi connectivity index (χ4n) is 3.77. The third kappa shape index (κ3) is 5.93. The molecule has 0 amide bonds. The minimum Gasteiger partial charge on any atom is -0.399 e. The highest BCUT2D eigenvalue weighted by Gasteiger charge is 2.14. The summed E-state index contributed by atoms with van der Waals surface area (Å²) >= 11 is 0. The summed E-state index contributed by atoms with van der Waals surface area (Å²) in [6.45, 7) is 12.6. The van der Waals surface area contributed by atoms with Crippen LogP contribution in [-0.2, 0) is 11.5 Å². The molecule has 5 heteroatoms. The molecule has 1 aromatic heterocycles. The number of nitrogen functional groups attached to an aromatic ring is 1. The van der Waals surface area contributed by atoms with Crippen LogP contribution in [0.4, 0.5) is 5.69 Å². The lowest BCUT2D eigenvalue weighted by atomic mass is 9.98. The highest BCUT2D eigenvalue weighted by atomic mass is 28.3. The molecule has 0 saturated carbocycles. The highest BCUT2D eigenvalue weighted by molar-refractivity contribution is 6.76. The summed E-state index contributed by atoms with van der Waals surface area (Å²) in [5.41, 5.74) is 12.8. The van der Waals surface area contributed by atoms with Crippen molar-refractivity contribution < 1.29 is 4.74 Å². The SMILES string of the molecule is C=C(c1cccc(N)c1)c1ccc2c(C=Cc3ccccc3)nn(COCC[Si](C)(C)C)c2c1. The van der Waals surface area contributed by atoms with E-state index < -0.39 is 8.07 Å². The lowest BCUT2D eigenvalue weighted by Crippen LogP contribution is -2.22. The maximum atomic E-state index is 6.05. The van der Waals surface area contributed by atoms with Crippen LogP contribution in [0.5, 0.6) is 0 Å². The van der Waals surface area contributed by atoms with Gasteiger partial charge in [0.1, 0.15) is 6.73 Å². The van der Waals surface area contributed by atoms with Crippen LogP contribution in [0.1, 0.15) is 22.4 Å². The zero-order valence-electron chi connectivity index (χ0n) is 20.3. The summed E-state index contributed by atoms with van der Waals surface area (Å²) in [7, 11) is -1.15. The van der Waals surface area contributed by atoms with E-state index in [1.807, 2.05) is 47.1 Å². The summed E-state index contributed by atoms with van der Waals surface area (Å²) in [5.74, 6) is 0. The minimum absolute atomic E-state index is 0.425. The first-order chi connectivity index (χ1) is 16.3. The monoisotopic (exact) mass is 467 g/mol. The van der Waals surface area contributed by atoms with Crippen molar-refractivity contribution in [1.82, 2.24) is 9.78 Å². The Kier molecular flexibility index (Phi) is 7.15. The Morgan fingerprint density at radius 2 is 1.74 bits per heavy atom. The summed E-state index contributed by atoms with van der Waals surface area (Å²) in [6, 6.07) is 25.6. The topological polar surface area (TPSA) is 53.1 Å². The second-order valence-electron chi connectivity index (χ2n) is 9.81. The molecule has 0 atom stereocenters. The maximum absolute atomic E-state index is 6.05. The molecule has 0 fully saturated rings. The van der Waals surface area contributed by atoms with Crippen molar-refractivity contribution in [3.8, 4) is 0 Å². The predicted molar refractivity (Wildman–Crippen MR) is 148 cm³/mol. The van der Waals surface area contributed by atoms with Crippen LogP contribution in [0.15, 0.2) is 79.4 Å². The first-order valence-corrected chi connectivity index (χ1v) is 15.4. The number of benzene rings is 3. The third-order valence-corrected chi connectivity index (χ3v) is 7.51. The van der Waals surface area contributed by atoms with Crippen LogP contribution >= 0.6 is 0 Å². The van der Waals surface area contributed by atoms with Crippen LogP contribution in [-0.4, -0.2) is 24.5 Å². The molecular weight excluding hydrogens is 434 g/mol. The molecule has 1 heterocycles. The molecule has 0 aliphatic rings. The van der Waals surface area contributed by atoms with E-state index in [4.69, 9.17) is 15.6 Å². The van der Waals surface area contributed by atoms with E-state index in [0.29, 0.717) is 6.73 Å². The van der Waals surface area contributed by atoms with E-state index in [1.54, 1.807) is 0 Å². The standard InChI is InChI=1S/C29H33N3OSi/c1-22(24-11-8-12-26(30)19-24)25-14-15-27-28(16-13-23-9-6-5-7-10-23)31-32(29(27)20-25)21-33-17-18-34(2,3)4/h5-16,19-20H,1,17-18,21,30H2,2-4H3. The fraction of sp³-hybridized carbons (Fsp3) is 0.207. The van der Waals surface area contributed by atoms with E-state index in [-0.39, 0.29) is 0 Å². The molecule has 2 N–H and O–H groups in total. The average Bonchev–Trinajstić information content (AvgIpc) is 3.17. The average molecular weight is 468 g/mol. The van der Waals surface area contributed by atoms with Gasteiger partial charge in [-0.25, -0.2) is 4.68 Å². The van der Waals surface area contributed by atoms with E-state index >= 15 is 0 Å². The molecular formula is C29H33N3OSi. The third-order valence-electron chi connectivity index (χ3n) is 5.81. The van der Waals surface area contributed by atoms with Gasteiger partial charge in [-0.2, -0.15) is 5.10 Å². The number of ether oxygens (including phenoxy) is 1. The van der Waals surface area contributed by atoms with E-state index in [1.165, 1.54) is 0 Å². The van der Waals surface area contributed by atoms with Crippen molar-refractivity contribution in [2.75, 3.05) is 12.3 Å². The van der Waals surface area contributed by atoms with Gasteiger partial charge < -0.3 is 10.5 Å². The van der Waals surface area contributed by atoms with Gasteiger partial charge in [0, 0.05) is 25.8 Å². The van der Waals surface area contributed by atoms with Crippen LogP contribution in [0.3, 0.4) is 0 Å². The van der Waals surface area contributed by atoms with Gasteiger partial charge in [-0.05, 0) is 58.6 Å². The number of hydrogen-bond acceptors (Lipinski definition) is 3. The van der Waals surface area contributed by atoms with E-state index in [2.05, 4.69) is 68.7 Å². The fourth-order valence-corrected chi connectivity index (χ4v) is 4.53. The Morgan fingerprint density at radius 3 is 2.47 bits per heavy atom. The molecule has 0 spiro atoms. The van der Waals surface area contributed by atoms with Crippen LogP contribution in [0.2, 0.25) is 25.7 Å². The molecule has 0 aliphatic heterocycles. The Balaban J connectivity index is 1.67. The van der Waals surface area contributed by atoms with Crippen molar-refractivity contribution in [3.63, 3.8) is 0 Å². The molecule has 4 aromatic rings. The maximum Gasteiger partial charge on any atom is 0.140 e. The van der Waals surface area contributed by atoms with Gasteiger partial charge in [0.05, 0.1) is 11.2 Å². The summed E-state index contributed by atoms with van der Waals surface area (Å²) < 4.78 is 8.01. The lowest BCUT2D eigenvalue weighted by Gasteiger charge is -2.15. The Bertz CT molecular complexity index is 1320. The first kappa shape index (κ1) is 23.7. The minimum atomic E-state index is -1.15.